The third-order valence-corrected chi connectivity index (χ3v) is 4.99. The number of phenols is 3. The first-order chi connectivity index (χ1) is 12.6. The summed E-state index contributed by atoms with van der Waals surface area (Å²) in [5, 5.41) is 29.9. The largest absolute Gasteiger partial charge is 0.508 e. The third-order valence-electron chi connectivity index (χ3n) is 4.99. The van der Waals surface area contributed by atoms with E-state index in [0.29, 0.717) is 12.2 Å². The Bertz CT molecular complexity index is 974. The maximum absolute atomic E-state index is 10.6. The van der Waals surface area contributed by atoms with Crippen molar-refractivity contribution in [1.29, 1.82) is 0 Å². The van der Waals surface area contributed by atoms with Gasteiger partial charge in [0.25, 0.3) is 0 Å². The van der Waals surface area contributed by atoms with E-state index in [1.165, 1.54) is 0 Å². The van der Waals surface area contributed by atoms with Crippen molar-refractivity contribution >= 4 is 0 Å². The average Bonchev–Trinajstić information content (AvgIpc) is 2.63. The van der Waals surface area contributed by atoms with E-state index in [1.807, 2.05) is 24.3 Å². The fraction of sp³-hybridized carbons (Fsp3) is 0.182. The minimum atomic E-state index is 0.212. The van der Waals surface area contributed by atoms with Gasteiger partial charge in [0, 0.05) is 17.5 Å². The Morgan fingerprint density at radius 2 is 1.54 bits per heavy atom. The molecule has 4 rings (SSSR count). The van der Waals surface area contributed by atoms with E-state index in [2.05, 4.69) is 0 Å². The molecular formula is C22H20O4. The van der Waals surface area contributed by atoms with E-state index >= 15 is 0 Å². The summed E-state index contributed by atoms with van der Waals surface area (Å²) in [6.07, 6.45) is 2.10. The fourth-order valence-corrected chi connectivity index (χ4v) is 3.74. The first-order valence-corrected chi connectivity index (χ1v) is 8.58. The second kappa shape index (κ2) is 6.30. The smallest absolute Gasteiger partial charge is 0.134 e. The van der Waals surface area contributed by atoms with E-state index in [9.17, 15) is 15.3 Å². The number of aryl methyl sites for hydroxylation is 2. The van der Waals surface area contributed by atoms with Crippen LogP contribution in [0.3, 0.4) is 0 Å². The molecule has 0 aromatic heterocycles. The number of aromatic hydroxyl groups is 3. The van der Waals surface area contributed by atoms with Crippen LogP contribution in [-0.2, 0) is 19.3 Å². The van der Waals surface area contributed by atoms with Gasteiger partial charge in [-0.25, -0.2) is 0 Å². The van der Waals surface area contributed by atoms with Crippen molar-refractivity contribution < 1.29 is 20.1 Å². The van der Waals surface area contributed by atoms with E-state index in [4.69, 9.17) is 4.74 Å². The van der Waals surface area contributed by atoms with Gasteiger partial charge < -0.3 is 20.1 Å². The molecule has 0 fully saturated rings. The van der Waals surface area contributed by atoms with Gasteiger partial charge in [0.05, 0.1) is 7.11 Å². The maximum Gasteiger partial charge on any atom is 0.134 e. The lowest BCUT2D eigenvalue weighted by atomic mass is 9.82. The predicted molar refractivity (Wildman–Crippen MR) is 100 cm³/mol. The zero-order valence-electron chi connectivity index (χ0n) is 14.5. The van der Waals surface area contributed by atoms with Crippen molar-refractivity contribution in [1.82, 2.24) is 0 Å². The van der Waals surface area contributed by atoms with Gasteiger partial charge in [-0.05, 0) is 65.4 Å². The highest BCUT2D eigenvalue weighted by molar-refractivity contribution is 5.82. The molecule has 26 heavy (non-hydrogen) atoms. The van der Waals surface area contributed by atoms with Crippen molar-refractivity contribution in [2.45, 2.75) is 19.3 Å². The van der Waals surface area contributed by atoms with Crippen LogP contribution in [0, 0.1) is 0 Å². The van der Waals surface area contributed by atoms with Crippen LogP contribution in [0.5, 0.6) is 23.0 Å². The van der Waals surface area contributed by atoms with E-state index < -0.39 is 0 Å². The molecule has 0 spiro atoms. The highest BCUT2D eigenvalue weighted by Crippen LogP contribution is 2.46. The number of rotatable bonds is 3. The molecule has 0 aliphatic heterocycles. The second-order valence-electron chi connectivity index (χ2n) is 6.63. The molecule has 4 nitrogen and oxygen atoms in total. The van der Waals surface area contributed by atoms with Crippen LogP contribution in [0.2, 0.25) is 0 Å². The molecule has 0 atom stereocenters. The molecule has 0 heterocycles. The molecule has 1 aliphatic carbocycles. The van der Waals surface area contributed by atoms with E-state index in [0.717, 1.165) is 46.2 Å². The van der Waals surface area contributed by atoms with Crippen LogP contribution in [0.25, 0.3) is 11.1 Å². The molecule has 0 radical (unpaired) electrons. The lowest BCUT2D eigenvalue weighted by Gasteiger charge is -2.25. The SMILES string of the molecule is COc1c(Cc2ccc(O)cc2)c(O)cc2c1-c1ccc(O)cc1CC2. The van der Waals surface area contributed by atoms with Crippen LogP contribution in [-0.4, -0.2) is 22.4 Å². The van der Waals surface area contributed by atoms with Gasteiger partial charge in [0.2, 0.25) is 0 Å². The summed E-state index contributed by atoms with van der Waals surface area (Å²) < 4.78 is 5.74. The Balaban J connectivity index is 1.88. The highest BCUT2D eigenvalue weighted by atomic mass is 16.5. The first kappa shape index (κ1) is 16.3. The van der Waals surface area contributed by atoms with Gasteiger partial charge in [-0.2, -0.15) is 0 Å². The normalized spacial score (nSPS) is 12.3. The number of hydrogen-bond donors (Lipinski definition) is 3. The van der Waals surface area contributed by atoms with Crippen LogP contribution >= 0.6 is 0 Å². The summed E-state index contributed by atoms with van der Waals surface area (Å²) in [5.41, 5.74) is 5.84. The molecule has 3 N–H and O–H groups in total. The topological polar surface area (TPSA) is 69.9 Å². The zero-order valence-corrected chi connectivity index (χ0v) is 14.5. The maximum atomic E-state index is 10.6. The summed E-state index contributed by atoms with van der Waals surface area (Å²) in [4.78, 5) is 0. The molecule has 0 amide bonds. The number of hydrogen-bond acceptors (Lipinski definition) is 4. The summed E-state index contributed by atoms with van der Waals surface area (Å²) in [6.45, 7) is 0. The average molecular weight is 348 g/mol. The van der Waals surface area contributed by atoms with Crippen molar-refractivity contribution in [2.24, 2.45) is 0 Å². The van der Waals surface area contributed by atoms with Gasteiger partial charge in [-0.15, -0.1) is 0 Å². The lowest BCUT2D eigenvalue weighted by Crippen LogP contribution is -2.08. The Kier molecular flexibility index (Phi) is 3.96. The molecule has 0 saturated carbocycles. The summed E-state index contributed by atoms with van der Waals surface area (Å²) in [6, 6.07) is 14.1. The summed E-state index contributed by atoms with van der Waals surface area (Å²) >= 11 is 0. The van der Waals surface area contributed by atoms with Gasteiger partial charge in [0.15, 0.2) is 0 Å². The number of methoxy groups -OCH3 is 1. The number of benzene rings is 3. The quantitative estimate of drug-likeness (QED) is 0.664. The van der Waals surface area contributed by atoms with Crippen LogP contribution in [0.4, 0.5) is 0 Å². The molecule has 3 aromatic rings. The molecular weight excluding hydrogens is 328 g/mol. The number of phenolic OH excluding ortho intramolecular Hbond substituents is 3. The molecule has 0 unspecified atom stereocenters. The van der Waals surface area contributed by atoms with Crippen molar-refractivity contribution in [3.05, 3.63) is 70.8 Å². The Morgan fingerprint density at radius 3 is 2.27 bits per heavy atom. The molecule has 0 saturated heterocycles. The Morgan fingerprint density at radius 1 is 0.846 bits per heavy atom. The van der Waals surface area contributed by atoms with E-state index in [-0.39, 0.29) is 17.2 Å². The number of ether oxygens (including phenoxy) is 1. The lowest BCUT2D eigenvalue weighted by molar-refractivity contribution is 0.401. The van der Waals surface area contributed by atoms with Gasteiger partial charge in [-0.3, -0.25) is 0 Å². The van der Waals surface area contributed by atoms with Crippen LogP contribution in [0.15, 0.2) is 48.5 Å². The van der Waals surface area contributed by atoms with Gasteiger partial charge in [0.1, 0.15) is 23.0 Å². The molecule has 3 aromatic carbocycles. The Hall–Kier alpha value is -3.14. The molecule has 4 heteroatoms. The van der Waals surface area contributed by atoms with E-state index in [1.54, 1.807) is 31.4 Å². The molecule has 132 valence electrons. The van der Waals surface area contributed by atoms with Crippen molar-refractivity contribution in [3.63, 3.8) is 0 Å². The highest BCUT2D eigenvalue weighted by Gasteiger charge is 2.25. The minimum absolute atomic E-state index is 0.212. The molecule has 1 aliphatic rings. The minimum Gasteiger partial charge on any atom is -0.508 e. The van der Waals surface area contributed by atoms with Crippen LogP contribution < -0.4 is 4.74 Å². The van der Waals surface area contributed by atoms with Crippen molar-refractivity contribution in [2.75, 3.05) is 7.11 Å². The van der Waals surface area contributed by atoms with Crippen LogP contribution in [0.1, 0.15) is 22.3 Å². The summed E-state index contributed by atoms with van der Waals surface area (Å²) in [5.74, 6) is 1.36. The predicted octanol–water partition coefficient (Wildman–Crippen LogP) is 4.17. The van der Waals surface area contributed by atoms with Crippen molar-refractivity contribution in [3.8, 4) is 34.1 Å². The first-order valence-electron chi connectivity index (χ1n) is 8.58. The molecule has 0 bridgehead atoms. The number of fused-ring (bicyclic) bond motifs is 3. The Labute approximate surface area is 151 Å². The third kappa shape index (κ3) is 2.73. The standard InChI is InChI=1S/C22H20O4/c1-26-22-19(10-13-2-6-16(23)7-3-13)20(25)12-15-5-4-14-11-17(24)8-9-18(14)21(15)22/h2-3,6-9,11-12,23-25H,4-5,10H2,1H3. The van der Waals surface area contributed by atoms with Gasteiger partial charge in [-0.1, -0.05) is 18.2 Å². The fourth-order valence-electron chi connectivity index (χ4n) is 3.74. The zero-order chi connectivity index (χ0) is 18.3. The van der Waals surface area contributed by atoms with Gasteiger partial charge >= 0.3 is 0 Å². The second-order valence-corrected chi connectivity index (χ2v) is 6.63. The summed E-state index contributed by atoms with van der Waals surface area (Å²) in [7, 11) is 1.62. The monoisotopic (exact) mass is 348 g/mol.